The number of carboxylic acids is 1. The quantitative estimate of drug-likeness (QED) is 0.283. The molecule has 0 aromatic heterocycles. The molecule has 2 amide bonds. The van der Waals surface area contributed by atoms with Gasteiger partial charge in [0.15, 0.2) is 17.1 Å². The van der Waals surface area contributed by atoms with Crippen molar-refractivity contribution in [3.8, 4) is 5.75 Å². The second-order valence-electron chi connectivity index (χ2n) is 8.80. The van der Waals surface area contributed by atoms with E-state index in [0.717, 1.165) is 4.90 Å². The maximum Gasteiger partial charge on any atom is 0.308 e. The van der Waals surface area contributed by atoms with Crippen molar-refractivity contribution in [1.29, 1.82) is 0 Å². The number of amides is 2. The van der Waals surface area contributed by atoms with Crippen LogP contribution in [0.1, 0.15) is 40.5 Å². The molecule has 3 atom stereocenters. The molecule has 178 valence electrons. The summed E-state index contributed by atoms with van der Waals surface area (Å²) in [5.74, 6) is -6.39. The number of hydrogen-bond acceptors (Lipinski definition) is 8. The molecule has 1 aliphatic carbocycles. The van der Waals surface area contributed by atoms with Gasteiger partial charge in [0, 0.05) is 30.5 Å². The summed E-state index contributed by atoms with van der Waals surface area (Å²) in [4.78, 5) is 77.8. The minimum absolute atomic E-state index is 0.0482. The molecular weight excluding hydrogens is 456 g/mol. The summed E-state index contributed by atoms with van der Waals surface area (Å²) in [6, 6.07) is 11.0. The third-order valence-electron chi connectivity index (χ3n) is 6.82. The number of fused-ring (bicyclic) bond motifs is 3. The van der Waals surface area contributed by atoms with Crippen molar-refractivity contribution in [3.63, 3.8) is 0 Å². The fourth-order valence-corrected chi connectivity index (χ4v) is 5.46. The van der Waals surface area contributed by atoms with Crippen LogP contribution in [0, 0.1) is 11.8 Å². The highest BCUT2D eigenvalue weighted by atomic mass is 16.5. The zero-order valence-electron chi connectivity index (χ0n) is 18.5. The number of nitrogens with zero attached hydrogens (tertiary/aromatic N) is 1. The van der Waals surface area contributed by atoms with Crippen molar-refractivity contribution in [2.75, 3.05) is 4.90 Å². The molecular formula is C25H20N2O8. The molecule has 2 aliphatic heterocycles. The minimum Gasteiger partial charge on any atom is -0.481 e. The Morgan fingerprint density at radius 3 is 2.11 bits per heavy atom. The lowest BCUT2D eigenvalue weighted by Crippen LogP contribution is -2.59. The van der Waals surface area contributed by atoms with E-state index >= 15 is 0 Å². The second-order valence-corrected chi connectivity index (χ2v) is 8.80. The van der Waals surface area contributed by atoms with Gasteiger partial charge in [-0.15, -0.1) is 0 Å². The summed E-state index contributed by atoms with van der Waals surface area (Å²) in [5.41, 5.74) is -1.47. The molecule has 2 fully saturated rings. The van der Waals surface area contributed by atoms with E-state index in [1.54, 1.807) is 12.1 Å². The number of ketones is 2. The zero-order chi connectivity index (χ0) is 25.1. The molecule has 10 heteroatoms. The maximum atomic E-state index is 13.7. The number of anilines is 1. The average molecular weight is 476 g/mol. The van der Waals surface area contributed by atoms with Crippen molar-refractivity contribution in [3.05, 3.63) is 59.7 Å². The van der Waals surface area contributed by atoms with Crippen LogP contribution < -0.4 is 15.0 Å². The van der Waals surface area contributed by atoms with Crippen molar-refractivity contribution < 1.29 is 38.6 Å². The highest BCUT2D eigenvalue weighted by molar-refractivity contribution is 6.37. The molecule has 0 radical (unpaired) electrons. The lowest BCUT2D eigenvalue weighted by atomic mass is 9.76. The minimum atomic E-state index is -1.98. The molecule has 1 spiro atoms. The molecule has 2 aromatic rings. The van der Waals surface area contributed by atoms with Crippen LogP contribution >= 0.6 is 0 Å². The van der Waals surface area contributed by atoms with E-state index in [2.05, 4.69) is 5.32 Å². The van der Waals surface area contributed by atoms with Crippen LogP contribution in [0.2, 0.25) is 0 Å². The Balaban J connectivity index is 1.57. The molecule has 2 saturated heterocycles. The van der Waals surface area contributed by atoms with Gasteiger partial charge in [-0.25, -0.2) is 4.90 Å². The van der Waals surface area contributed by atoms with Crippen LogP contribution in [0.25, 0.3) is 0 Å². The predicted molar refractivity (Wildman–Crippen MR) is 119 cm³/mol. The maximum absolute atomic E-state index is 13.7. The number of rotatable bonds is 5. The van der Waals surface area contributed by atoms with E-state index in [4.69, 9.17) is 4.74 Å². The molecule has 0 saturated carbocycles. The number of ether oxygens (including phenoxy) is 1. The molecule has 3 aliphatic rings. The first-order valence-electron chi connectivity index (χ1n) is 11.0. The van der Waals surface area contributed by atoms with Gasteiger partial charge in [-0.2, -0.15) is 0 Å². The Hall–Kier alpha value is -4.18. The number of esters is 1. The number of hydrogen-bond donors (Lipinski definition) is 2. The number of aliphatic carboxylic acids is 1. The highest BCUT2D eigenvalue weighted by Crippen LogP contribution is 2.50. The third-order valence-corrected chi connectivity index (χ3v) is 6.82. The van der Waals surface area contributed by atoms with Gasteiger partial charge in [-0.05, 0) is 30.7 Å². The molecule has 0 bridgehead atoms. The van der Waals surface area contributed by atoms with Crippen LogP contribution in [0.3, 0.4) is 0 Å². The molecule has 0 unspecified atom stereocenters. The summed E-state index contributed by atoms with van der Waals surface area (Å²) in [7, 11) is 0. The Bertz CT molecular complexity index is 1280. The lowest BCUT2D eigenvalue weighted by Gasteiger charge is -2.28. The van der Waals surface area contributed by atoms with Crippen molar-refractivity contribution in [1.82, 2.24) is 5.32 Å². The zero-order valence-corrected chi connectivity index (χ0v) is 18.5. The molecule has 2 heterocycles. The summed E-state index contributed by atoms with van der Waals surface area (Å²) >= 11 is 0. The van der Waals surface area contributed by atoms with E-state index in [0.29, 0.717) is 0 Å². The first-order chi connectivity index (χ1) is 16.7. The topological polar surface area (TPSA) is 147 Å². The van der Waals surface area contributed by atoms with Gasteiger partial charge in [0.2, 0.25) is 11.8 Å². The number of nitrogens with one attached hydrogen (secondary N) is 1. The Labute approximate surface area is 198 Å². The van der Waals surface area contributed by atoms with E-state index in [1.807, 2.05) is 0 Å². The van der Waals surface area contributed by atoms with Crippen LogP contribution in [0.5, 0.6) is 5.75 Å². The summed E-state index contributed by atoms with van der Waals surface area (Å²) in [6.45, 7) is 1.24. The molecule has 35 heavy (non-hydrogen) atoms. The summed E-state index contributed by atoms with van der Waals surface area (Å²) < 4.78 is 4.99. The standard InChI is InChI=1S/C25H20N2O8/c1-12(28)35-14-8-6-13(7-9-14)27-23(33)19-17(10-11-18(29)30)26-25(20(19)24(27)34)21(31)15-4-2-3-5-16(15)22(25)32/h2-9,17,19-20,26H,10-11H2,1H3,(H,29,30)/t17-,19-,20+/m1/s1. The van der Waals surface area contributed by atoms with Gasteiger partial charge in [0.1, 0.15) is 5.75 Å². The van der Waals surface area contributed by atoms with Gasteiger partial charge in [0.05, 0.1) is 17.5 Å². The van der Waals surface area contributed by atoms with Gasteiger partial charge < -0.3 is 9.84 Å². The van der Waals surface area contributed by atoms with Crippen LogP contribution in [0.4, 0.5) is 5.69 Å². The van der Waals surface area contributed by atoms with Crippen molar-refractivity contribution in [2.45, 2.75) is 31.3 Å². The van der Waals surface area contributed by atoms with Crippen LogP contribution in [0.15, 0.2) is 48.5 Å². The second kappa shape index (κ2) is 7.95. The summed E-state index contributed by atoms with van der Waals surface area (Å²) in [6.07, 6.45) is -0.363. The van der Waals surface area contributed by atoms with E-state index in [1.165, 1.54) is 43.3 Å². The normalized spacial score (nSPS) is 24.1. The smallest absolute Gasteiger partial charge is 0.308 e. The molecule has 5 rings (SSSR count). The number of benzene rings is 2. The van der Waals surface area contributed by atoms with Crippen LogP contribution in [-0.2, 0) is 19.2 Å². The number of carbonyl (C=O) groups excluding carboxylic acids is 5. The molecule has 2 N–H and O–H groups in total. The SMILES string of the molecule is CC(=O)Oc1ccc(N2C(=O)[C@H]3[C@@H](C2=O)C2(N[C@@H]3CCC(=O)O)C(=O)c3ccccc3C2=O)cc1. The van der Waals surface area contributed by atoms with Crippen molar-refractivity contribution in [2.24, 2.45) is 11.8 Å². The number of carboxylic acid groups (broad SMARTS) is 1. The molecule has 2 aromatic carbocycles. The third kappa shape index (κ3) is 3.21. The highest BCUT2D eigenvalue weighted by Gasteiger charge is 2.72. The largest absolute Gasteiger partial charge is 0.481 e. The van der Waals surface area contributed by atoms with E-state index in [-0.39, 0.29) is 35.4 Å². The van der Waals surface area contributed by atoms with Gasteiger partial charge in [-0.3, -0.25) is 34.1 Å². The molecule has 10 nitrogen and oxygen atoms in total. The summed E-state index contributed by atoms with van der Waals surface area (Å²) in [5, 5.41) is 12.1. The Morgan fingerprint density at radius 2 is 1.57 bits per heavy atom. The predicted octanol–water partition coefficient (Wildman–Crippen LogP) is 1.37. The van der Waals surface area contributed by atoms with Crippen molar-refractivity contribution >= 4 is 41.0 Å². The van der Waals surface area contributed by atoms with Gasteiger partial charge >= 0.3 is 11.9 Å². The van der Waals surface area contributed by atoms with E-state index in [9.17, 15) is 33.9 Å². The monoisotopic (exact) mass is 476 g/mol. The number of carbonyl (C=O) groups is 6. The van der Waals surface area contributed by atoms with E-state index < -0.39 is 58.7 Å². The van der Waals surface area contributed by atoms with Gasteiger partial charge in [-0.1, -0.05) is 24.3 Å². The fraction of sp³-hybridized carbons (Fsp3) is 0.280. The Kier molecular flexibility index (Phi) is 5.13. The Morgan fingerprint density at radius 1 is 0.971 bits per heavy atom. The first kappa shape index (κ1) is 22.6. The first-order valence-corrected chi connectivity index (χ1v) is 11.0. The number of imide groups is 1. The number of Topliss-reactive ketones (excluding diaryl/α,β-unsaturated/α-hetero) is 2. The average Bonchev–Trinajstić information content (AvgIpc) is 3.38. The van der Waals surface area contributed by atoms with Gasteiger partial charge in [0.25, 0.3) is 0 Å². The van der Waals surface area contributed by atoms with Crippen LogP contribution in [-0.4, -0.2) is 52.0 Å². The fourth-order valence-electron chi connectivity index (χ4n) is 5.46. The lowest BCUT2D eigenvalue weighted by molar-refractivity contribution is -0.137.